The lowest BCUT2D eigenvalue weighted by Gasteiger charge is -2.28. The third-order valence-electron chi connectivity index (χ3n) is 6.36. The molecule has 1 atom stereocenters. The van der Waals surface area contributed by atoms with E-state index in [9.17, 15) is 0 Å². The van der Waals surface area contributed by atoms with E-state index < -0.39 is 0 Å². The highest BCUT2D eigenvalue weighted by atomic mass is 16.5. The SMILES string of the molecule is CC(C)CN1CCCC1.CC(C)CN1CCNCC1.CCCCOC1CCN(CC(C)C)C1. The van der Waals surface area contributed by atoms with Crippen LogP contribution in [0.15, 0.2) is 0 Å². The van der Waals surface area contributed by atoms with Crippen LogP contribution in [0.25, 0.3) is 0 Å². The average molecular weight is 469 g/mol. The van der Waals surface area contributed by atoms with Crippen molar-refractivity contribution in [2.75, 3.05) is 78.6 Å². The fourth-order valence-electron chi connectivity index (χ4n) is 4.90. The summed E-state index contributed by atoms with van der Waals surface area (Å²) in [5.74, 6) is 2.45. The number of ether oxygens (including phenoxy) is 1. The zero-order chi connectivity index (χ0) is 24.5. The number of piperazine rings is 1. The molecule has 0 aromatic heterocycles. The largest absolute Gasteiger partial charge is 0.377 e. The fraction of sp³-hybridized carbons (Fsp3) is 1.00. The predicted molar refractivity (Wildman–Crippen MR) is 145 cm³/mol. The molecule has 3 saturated heterocycles. The first kappa shape index (κ1) is 30.8. The highest BCUT2D eigenvalue weighted by molar-refractivity contribution is 4.76. The summed E-state index contributed by atoms with van der Waals surface area (Å²) >= 11 is 0. The molecule has 0 aliphatic carbocycles. The molecule has 0 aromatic carbocycles. The normalized spacial score (nSPS) is 22.5. The lowest BCUT2D eigenvalue weighted by atomic mass is 10.2. The molecule has 33 heavy (non-hydrogen) atoms. The highest BCUT2D eigenvalue weighted by Crippen LogP contribution is 2.14. The van der Waals surface area contributed by atoms with Gasteiger partial charge in [-0.2, -0.15) is 0 Å². The molecular formula is C28H60N4O. The van der Waals surface area contributed by atoms with Gasteiger partial charge in [-0.25, -0.2) is 0 Å². The van der Waals surface area contributed by atoms with E-state index in [0.29, 0.717) is 6.10 Å². The second kappa shape index (κ2) is 19.0. The lowest BCUT2D eigenvalue weighted by Crippen LogP contribution is -2.44. The first-order valence-corrected chi connectivity index (χ1v) is 14.3. The minimum atomic E-state index is 0.514. The Balaban J connectivity index is 0.000000255. The third kappa shape index (κ3) is 17.0. The van der Waals surface area contributed by atoms with Crippen molar-refractivity contribution in [2.45, 2.75) is 86.7 Å². The second-order valence-electron chi connectivity index (χ2n) is 11.6. The van der Waals surface area contributed by atoms with Gasteiger partial charge in [0.2, 0.25) is 0 Å². The maximum absolute atomic E-state index is 5.81. The van der Waals surface area contributed by atoms with Crippen LogP contribution in [0.2, 0.25) is 0 Å². The first-order chi connectivity index (χ1) is 15.8. The summed E-state index contributed by atoms with van der Waals surface area (Å²) in [6.45, 7) is 30.6. The Morgan fingerprint density at radius 3 is 1.76 bits per heavy atom. The molecule has 1 N–H and O–H groups in total. The van der Waals surface area contributed by atoms with Crippen LogP contribution in [0, 0.1) is 17.8 Å². The molecule has 0 aromatic rings. The molecule has 5 heteroatoms. The molecule has 0 saturated carbocycles. The van der Waals surface area contributed by atoms with Crippen LogP contribution in [0.4, 0.5) is 0 Å². The maximum Gasteiger partial charge on any atom is 0.0714 e. The second-order valence-corrected chi connectivity index (χ2v) is 11.6. The third-order valence-corrected chi connectivity index (χ3v) is 6.36. The van der Waals surface area contributed by atoms with E-state index in [-0.39, 0.29) is 0 Å². The molecule has 3 aliphatic heterocycles. The van der Waals surface area contributed by atoms with Gasteiger partial charge in [0.25, 0.3) is 0 Å². The molecule has 3 aliphatic rings. The van der Waals surface area contributed by atoms with Gasteiger partial charge in [0.15, 0.2) is 0 Å². The molecule has 198 valence electrons. The monoisotopic (exact) mass is 468 g/mol. The Labute approximate surface area is 208 Å². The molecule has 3 heterocycles. The Bertz CT molecular complexity index is 432. The van der Waals surface area contributed by atoms with Gasteiger partial charge in [-0.15, -0.1) is 0 Å². The van der Waals surface area contributed by atoms with Crippen LogP contribution in [0.3, 0.4) is 0 Å². The molecule has 1 unspecified atom stereocenters. The van der Waals surface area contributed by atoms with Crippen LogP contribution in [0.1, 0.15) is 80.6 Å². The number of nitrogens with one attached hydrogen (secondary N) is 1. The smallest absolute Gasteiger partial charge is 0.0714 e. The van der Waals surface area contributed by atoms with Crippen molar-refractivity contribution in [1.82, 2.24) is 20.0 Å². The van der Waals surface area contributed by atoms with Gasteiger partial charge in [-0.05, 0) is 56.5 Å². The van der Waals surface area contributed by atoms with Crippen molar-refractivity contribution in [3.05, 3.63) is 0 Å². The minimum Gasteiger partial charge on any atom is -0.377 e. The van der Waals surface area contributed by atoms with Crippen molar-refractivity contribution in [1.29, 1.82) is 0 Å². The standard InChI is InChI=1S/C12H25NO.C8H18N2.C8H17N/c1-4-5-8-14-12-6-7-13(10-12)9-11(2)3;1-8(2)7-10-5-3-9-4-6-10;1-8(2)7-9-5-3-4-6-9/h11-12H,4-10H2,1-3H3;8-9H,3-7H2,1-2H3;8H,3-7H2,1-2H3. The van der Waals surface area contributed by atoms with Crippen LogP contribution in [-0.4, -0.2) is 99.4 Å². The summed E-state index contributed by atoms with van der Waals surface area (Å²) in [5, 5.41) is 3.35. The first-order valence-electron chi connectivity index (χ1n) is 14.3. The topological polar surface area (TPSA) is 31.0 Å². The molecule has 0 amide bonds. The van der Waals surface area contributed by atoms with Crippen LogP contribution >= 0.6 is 0 Å². The van der Waals surface area contributed by atoms with Crippen molar-refractivity contribution in [3.63, 3.8) is 0 Å². The number of hydrogen-bond acceptors (Lipinski definition) is 5. The molecule has 0 bridgehead atoms. The lowest BCUT2D eigenvalue weighted by molar-refractivity contribution is 0.0564. The number of likely N-dealkylation sites (tertiary alicyclic amines) is 2. The zero-order valence-electron chi connectivity index (χ0n) is 23.6. The summed E-state index contributed by atoms with van der Waals surface area (Å²) in [7, 11) is 0. The summed E-state index contributed by atoms with van der Waals surface area (Å²) in [4.78, 5) is 7.62. The van der Waals surface area contributed by atoms with E-state index >= 15 is 0 Å². The van der Waals surface area contributed by atoms with Gasteiger partial charge < -0.3 is 24.8 Å². The van der Waals surface area contributed by atoms with Gasteiger partial charge in [0.05, 0.1) is 6.10 Å². The van der Waals surface area contributed by atoms with Crippen LogP contribution in [-0.2, 0) is 4.74 Å². The van der Waals surface area contributed by atoms with E-state index in [0.717, 1.165) is 30.9 Å². The van der Waals surface area contributed by atoms with Crippen molar-refractivity contribution in [2.24, 2.45) is 17.8 Å². The molecular weight excluding hydrogens is 408 g/mol. The number of unbranched alkanes of at least 4 members (excludes halogenated alkanes) is 1. The van der Waals surface area contributed by atoms with E-state index in [1.54, 1.807) is 0 Å². The van der Waals surface area contributed by atoms with Gasteiger partial charge >= 0.3 is 0 Å². The van der Waals surface area contributed by atoms with Gasteiger partial charge in [-0.1, -0.05) is 54.9 Å². The quantitative estimate of drug-likeness (QED) is 0.465. The van der Waals surface area contributed by atoms with Gasteiger partial charge in [-0.3, -0.25) is 0 Å². The van der Waals surface area contributed by atoms with Gasteiger partial charge in [0, 0.05) is 65.5 Å². The summed E-state index contributed by atoms with van der Waals surface area (Å²) in [6, 6.07) is 0. The maximum atomic E-state index is 5.81. The van der Waals surface area contributed by atoms with E-state index in [4.69, 9.17) is 4.74 Å². The summed E-state index contributed by atoms with van der Waals surface area (Å²) < 4.78 is 5.81. The highest BCUT2D eigenvalue weighted by Gasteiger charge is 2.22. The number of rotatable bonds is 10. The molecule has 5 nitrogen and oxygen atoms in total. The van der Waals surface area contributed by atoms with Crippen molar-refractivity contribution >= 4 is 0 Å². The van der Waals surface area contributed by atoms with E-state index in [2.05, 4.69) is 68.5 Å². The minimum absolute atomic E-state index is 0.514. The number of nitrogens with zero attached hydrogens (tertiary/aromatic N) is 3. The van der Waals surface area contributed by atoms with Crippen molar-refractivity contribution < 1.29 is 4.74 Å². The number of hydrogen-bond donors (Lipinski definition) is 1. The van der Waals surface area contributed by atoms with E-state index in [1.165, 1.54) is 97.6 Å². The van der Waals surface area contributed by atoms with Crippen molar-refractivity contribution in [3.8, 4) is 0 Å². The Morgan fingerprint density at radius 2 is 1.24 bits per heavy atom. The van der Waals surface area contributed by atoms with E-state index in [1.807, 2.05) is 0 Å². The molecule has 3 fully saturated rings. The molecule has 3 rings (SSSR count). The predicted octanol–water partition coefficient (Wildman–Crippen LogP) is 4.82. The Hall–Kier alpha value is -0.200. The zero-order valence-corrected chi connectivity index (χ0v) is 23.6. The summed E-state index contributed by atoms with van der Waals surface area (Å²) in [6.07, 6.45) is 7.04. The fourth-order valence-corrected chi connectivity index (χ4v) is 4.90. The molecule has 0 radical (unpaired) electrons. The van der Waals surface area contributed by atoms with Crippen LogP contribution in [0.5, 0.6) is 0 Å². The summed E-state index contributed by atoms with van der Waals surface area (Å²) in [5.41, 5.74) is 0. The Kier molecular flexibility index (Phi) is 17.8. The molecule has 0 spiro atoms. The van der Waals surface area contributed by atoms with Crippen LogP contribution < -0.4 is 5.32 Å². The Morgan fingerprint density at radius 1 is 0.727 bits per heavy atom. The van der Waals surface area contributed by atoms with Gasteiger partial charge in [0.1, 0.15) is 0 Å². The average Bonchev–Trinajstić information content (AvgIpc) is 3.41.